The van der Waals surface area contributed by atoms with Crippen LogP contribution >= 0.6 is 0 Å². The molecule has 0 saturated carbocycles. The first-order valence-corrected chi connectivity index (χ1v) is 13.4. The van der Waals surface area contributed by atoms with E-state index in [0.29, 0.717) is 13.1 Å². The molecule has 0 N–H and O–H groups in total. The van der Waals surface area contributed by atoms with E-state index < -0.39 is 0 Å². The SMILES string of the molecule is CO[C@@H](C)Cn1ccnc1C#Cc1ccc2ccc3ccc(C#Cc4nccn4C[C@H](C)OC)c4ccc1c2c34. The maximum atomic E-state index is 5.42. The first-order valence-electron chi connectivity index (χ1n) is 13.4. The molecule has 198 valence electrons. The van der Waals surface area contributed by atoms with Crippen LogP contribution in [0.25, 0.3) is 32.3 Å². The largest absolute Gasteiger partial charge is 0.380 e. The third-order valence-electron chi connectivity index (χ3n) is 7.43. The highest BCUT2D eigenvalue weighted by Crippen LogP contribution is 2.37. The molecule has 0 radical (unpaired) electrons. The summed E-state index contributed by atoms with van der Waals surface area (Å²) in [5.41, 5.74) is 1.95. The summed E-state index contributed by atoms with van der Waals surface area (Å²) in [6, 6.07) is 17.2. The van der Waals surface area contributed by atoms with Gasteiger partial charge in [-0.1, -0.05) is 48.2 Å². The number of benzene rings is 4. The molecular formula is C34H30N4O2. The van der Waals surface area contributed by atoms with Crippen molar-refractivity contribution in [2.24, 2.45) is 0 Å². The van der Waals surface area contributed by atoms with Gasteiger partial charge in [0.05, 0.1) is 25.3 Å². The Labute approximate surface area is 233 Å². The summed E-state index contributed by atoms with van der Waals surface area (Å²) in [6.45, 7) is 5.47. The molecule has 40 heavy (non-hydrogen) atoms. The molecular weight excluding hydrogens is 496 g/mol. The van der Waals surface area contributed by atoms with E-state index in [9.17, 15) is 0 Å². The van der Waals surface area contributed by atoms with E-state index in [-0.39, 0.29) is 12.2 Å². The molecule has 6 aromatic rings. The summed E-state index contributed by atoms with van der Waals surface area (Å²) in [6.07, 6.45) is 7.60. The van der Waals surface area contributed by atoms with Crippen LogP contribution in [0.4, 0.5) is 0 Å². The average molecular weight is 527 g/mol. The Balaban J connectivity index is 1.43. The van der Waals surface area contributed by atoms with Crippen molar-refractivity contribution < 1.29 is 9.47 Å². The topological polar surface area (TPSA) is 54.1 Å². The first kappa shape index (κ1) is 25.6. The van der Waals surface area contributed by atoms with E-state index in [1.807, 2.05) is 35.4 Å². The van der Waals surface area contributed by atoms with E-state index >= 15 is 0 Å². The van der Waals surface area contributed by atoms with Crippen molar-refractivity contribution in [3.63, 3.8) is 0 Å². The fourth-order valence-electron chi connectivity index (χ4n) is 5.13. The minimum atomic E-state index is 0.0792. The standard InChI is InChI=1S/C34H30N4O2/c1-23(39-3)21-37-19-17-35-31(37)15-11-25-5-7-27-9-10-28-8-6-26(30-14-13-29(25)33(27)34(28)30)12-16-32-36-18-20-38(32)22-24(2)40-4/h5-10,13-14,17-20,23-24H,21-22H2,1-4H3/t23-,24-/m0/s1. The zero-order valence-corrected chi connectivity index (χ0v) is 23.1. The predicted molar refractivity (Wildman–Crippen MR) is 160 cm³/mol. The van der Waals surface area contributed by atoms with E-state index in [1.165, 1.54) is 21.5 Å². The van der Waals surface area contributed by atoms with Crippen molar-refractivity contribution in [1.82, 2.24) is 19.1 Å². The minimum absolute atomic E-state index is 0.0792. The monoisotopic (exact) mass is 526 g/mol. The number of imidazole rings is 2. The lowest BCUT2D eigenvalue weighted by Crippen LogP contribution is -2.15. The van der Waals surface area contributed by atoms with Crippen LogP contribution in [0, 0.1) is 23.7 Å². The van der Waals surface area contributed by atoms with E-state index in [4.69, 9.17) is 9.47 Å². The number of aromatic nitrogens is 4. The maximum absolute atomic E-state index is 5.42. The molecule has 0 spiro atoms. The summed E-state index contributed by atoms with van der Waals surface area (Å²) in [7, 11) is 3.43. The molecule has 2 aromatic heterocycles. The number of ether oxygens (including phenoxy) is 2. The quantitative estimate of drug-likeness (QED) is 0.202. The van der Waals surface area contributed by atoms with Crippen molar-refractivity contribution in [3.8, 4) is 23.7 Å². The molecule has 6 rings (SSSR count). The van der Waals surface area contributed by atoms with Crippen molar-refractivity contribution in [2.45, 2.75) is 39.1 Å². The van der Waals surface area contributed by atoms with Gasteiger partial charge < -0.3 is 18.6 Å². The van der Waals surface area contributed by atoms with Gasteiger partial charge in [-0.3, -0.25) is 0 Å². The third kappa shape index (κ3) is 4.80. The fourth-order valence-corrected chi connectivity index (χ4v) is 5.13. The van der Waals surface area contributed by atoms with Gasteiger partial charge in [0.1, 0.15) is 0 Å². The third-order valence-corrected chi connectivity index (χ3v) is 7.43. The molecule has 4 aromatic carbocycles. The minimum Gasteiger partial charge on any atom is -0.380 e. The summed E-state index contributed by atoms with van der Waals surface area (Å²) < 4.78 is 14.9. The zero-order valence-electron chi connectivity index (χ0n) is 23.1. The maximum Gasteiger partial charge on any atom is 0.185 e. The van der Waals surface area contributed by atoms with Crippen LogP contribution in [-0.4, -0.2) is 45.5 Å². The highest BCUT2D eigenvalue weighted by molar-refractivity contribution is 6.24. The van der Waals surface area contributed by atoms with Crippen LogP contribution < -0.4 is 0 Å². The molecule has 6 heteroatoms. The van der Waals surface area contributed by atoms with Gasteiger partial charge >= 0.3 is 0 Å². The Morgan fingerprint density at radius 1 is 0.625 bits per heavy atom. The smallest absolute Gasteiger partial charge is 0.185 e. The van der Waals surface area contributed by atoms with Gasteiger partial charge in [0.25, 0.3) is 0 Å². The molecule has 0 aliphatic heterocycles. The molecule has 2 heterocycles. The highest BCUT2D eigenvalue weighted by atomic mass is 16.5. The second-order valence-electron chi connectivity index (χ2n) is 10.0. The summed E-state index contributed by atoms with van der Waals surface area (Å²) in [4.78, 5) is 8.93. The number of hydrogen-bond donors (Lipinski definition) is 0. The van der Waals surface area contributed by atoms with Crippen molar-refractivity contribution >= 4 is 32.3 Å². The van der Waals surface area contributed by atoms with Gasteiger partial charge in [-0.05, 0) is 70.1 Å². The van der Waals surface area contributed by atoms with Crippen LogP contribution in [0.3, 0.4) is 0 Å². The lowest BCUT2D eigenvalue weighted by Gasteiger charge is -2.13. The van der Waals surface area contributed by atoms with Crippen LogP contribution in [0.1, 0.15) is 36.6 Å². The predicted octanol–water partition coefficient (Wildman–Crippen LogP) is 5.85. The Morgan fingerprint density at radius 3 is 1.48 bits per heavy atom. The Kier molecular flexibility index (Phi) is 6.97. The Morgan fingerprint density at radius 2 is 1.05 bits per heavy atom. The van der Waals surface area contributed by atoms with Gasteiger partial charge in [0.2, 0.25) is 0 Å². The average Bonchev–Trinajstić information content (AvgIpc) is 3.62. The molecule has 0 fully saturated rings. The zero-order chi connectivity index (χ0) is 27.6. The van der Waals surface area contributed by atoms with Gasteiger partial charge in [0, 0.05) is 50.1 Å². The van der Waals surface area contributed by atoms with Crippen molar-refractivity contribution in [2.75, 3.05) is 14.2 Å². The summed E-state index contributed by atoms with van der Waals surface area (Å²) >= 11 is 0. The molecule has 0 bridgehead atoms. The van der Waals surface area contributed by atoms with Gasteiger partial charge in [-0.2, -0.15) is 0 Å². The second kappa shape index (κ2) is 10.9. The van der Waals surface area contributed by atoms with E-state index in [2.05, 4.69) is 82.2 Å². The van der Waals surface area contributed by atoms with E-state index in [0.717, 1.165) is 33.5 Å². The van der Waals surface area contributed by atoms with Crippen LogP contribution in [-0.2, 0) is 22.6 Å². The van der Waals surface area contributed by atoms with Crippen LogP contribution in [0.5, 0.6) is 0 Å². The Hall–Kier alpha value is -4.62. The van der Waals surface area contributed by atoms with Crippen molar-refractivity contribution in [3.05, 3.63) is 96.1 Å². The van der Waals surface area contributed by atoms with Crippen molar-refractivity contribution in [1.29, 1.82) is 0 Å². The molecule has 0 amide bonds. The molecule has 0 aliphatic rings. The number of nitrogens with zero attached hydrogens (tertiary/aromatic N) is 4. The summed E-state index contributed by atoms with van der Waals surface area (Å²) in [5, 5.41) is 7.03. The lowest BCUT2D eigenvalue weighted by molar-refractivity contribution is 0.103. The lowest BCUT2D eigenvalue weighted by atomic mass is 9.90. The fraction of sp³-hybridized carbons (Fsp3) is 0.235. The van der Waals surface area contributed by atoms with Crippen LogP contribution in [0.15, 0.2) is 73.3 Å². The normalized spacial score (nSPS) is 12.8. The van der Waals surface area contributed by atoms with Gasteiger partial charge in [0.15, 0.2) is 11.6 Å². The van der Waals surface area contributed by atoms with Gasteiger partial charge in [-0.25, -0.2) is 9.97 Å². The van der Waals surface area contributed by atoms with E-state index in [1.54, 1.807) is 26.6 Å². The molecule has 6 nitrogen and oxygen atoms in total. The molecule has 0 saturated heterocycles. The summed E-state index contributed by atoms with van der Waals surface area (Å²) in [5.74, 6) is 14.8. The molecule has 2 atom stereocenters. The van der Waals surface area contributed by atoms with Crippen LogP contribution in [0.2, 0.25) is 0 Å². The molecule has 0 unspecified atom stereocenters. The molecule has 0 aliphatic carbocycles. The first-order chi connectivity index (χ1) is 19.6. The number of hydrogen-bond acceptors (Lipinski definition) is 4. The number of rotatable bonds is 6. The Bertz CT molecular complexity index is 1800. The second-order valence-corrected chi connectivity index (χ2v) is 10.0. The number of methoxy groups -OCH3 is 2. The highest BCUT2D eigenvalue weighted by Gasteiger charge is 2.13. The van der Waals surface area contributed by atoms with Gasteiger partial charge in [-0.15, -0.1) is 0 Å².